The summed E-state index contributed by atoms with van der Waals surface area (Å²) in [5, 5.41) is 3.82. The molecule has 0 radical (unpaired) electrons. The van der Waals surface area contributed by atoms with Gasteiger partial charge in [-0.3, -0.25) is 5.32 Å². The topological polar surface area (TPSA) is 12.0 Å². The van der Waals surface area contributed by atoms with E-state index in [0.717, 1.165) is 17.9 Å². The van der Waals surface area contributed by atoms with Crippen LogP contribution in [0, 0.1) is 11.8 Å². The molecule has 1 aliphatic heterocycles. The summed E-state index contributed by atoms with van der Waals surface area (Å²) in [6, 6.07) is 0.759. The molecule has 0 amide bonds. The highest BCUT2D eigenvalue weighted by Gasteiger charge is 2.53. The van der Waals surface area contributed by atoms with E-state index < -0.39 is 0 Å². The zero-order valence-electron chi connectivity index (χ0n) is 7.68. The summed E-state index contributed by atoms with van der Waals surface area (Å²) in [4.78, 5) is 0.544. The second-order valence-electron chi connectivity index (χ2n) is 4.83. The van der Waals surface area contributed by atoms with E-state index in [2.05, 4.69) is 24.0 Å². The molecule has 4 atom stereocenters. The third-order valence-corrected chi connectivity index (χ3v) is 5.67. The third kappa shape index (κ3) is 0.912. The number of hydrogen-bond donors (Lipinski definition) is 1. The minimum atomic E-state index is 0.544. The van der Waals surface area contributed by atoms with Crippen LogP contribution in [0.2, 0.25) is 0 Å². The van der Waals surface area contributed by atoms with Crippen LogP contribution < -0.4 is 5.32 Å². The van der Waals surface area contributed by atoms with Crippen LogP contribution in [0.25, 0.3) is 0 Å². The second-order valence-corrected chi connectivity index (χ2v) is 6.18. The zero-order chi connectivity index (χ0) is 8.18. The Hall–Kier alpha value is 0.310. The minimum Gasteiger partial charge on any atom is -0.299 e. The van der Waals surface area contributed by atoms with E-state index in [1.54, 1.807) is 0 Å². The van der Waals surface area contributed by atoms with Crippen LogP contribution in [0.3, 0.4) is 0 Å². The molecule has 4 unspecified atom stereocenters. The molecule has 2 bridgehead atoms. The van der Waals surface area contributed by atoms with Gasteiger partial charge in [0.15, 0.2) is 0 Å². The van der Waals surface area contributed by atoms with Gasteiger partial charge in [0.05, 0.1) is 4.87 Å². The van der Waals surface area contributed by atoms with Crippen LogP contribution in [-0.4, -0.2) is 16.7 Å². The largest absolute Gasteiger partial charge is 0.299 e. The molecule has 1 heterocycles. The molecule has 0 aromatic heterocycles. The van der Waals surface area contributed by atoms with Crippen molar-refractivity contribution >= 4 is 11.8 Å². The van der Waals surface area contributed by atoms with Crippen molar-refractivity contribution in [3.63, 3.8) is 0 Å². The van der Waals surface area contributed by atoms with E-state index in [4.69, 9.17) is 0 Å². The van der Waals surface area contributed by atoms with Gasteiger partial charge in [0, 0.05) is 11.8 Å². The monoisotopic (exact) mass is 183 g/mol. The predicted molar refractivity (Wildman–Crippen MR) is 53.2 cm³/mol. The molecule has 1 spiro atoms. The molecular formula is C10H17NS. The van der Waals surface area contributed by atoms with Crippen LogP contribution in [0.5, 0.6) is 0 Å². The van der Waals surface area contributed by atoms with Gasteiger partial charge in [0.1, 0.15) is 0 Å². The van der Waals surface area contributed by atoms with Gasteiger partial charge in [0.2, 0.25) is 0 Å². The lowest BCUT2D eigenvalue weighted by atomic mass is 9.94. The first-order valence-electron chi connectivity index (χ1n) is 5.20. The van der Waals surface area contributed by atoms with Gasteiger partial charge in [-0.15, -0.1) is 11.8 Å². The lowest BCUT2D eigenvalue weighted by Crippen LogP contribution is -2.44. The fourth-order valence-electron chi connectivity index (χ4n) is 3.41. The van der Waals surface area contributed by atoms with Crippen molar-refractivity contribution < 1.29 is 0 Å². The lowest BCUT2D eigenvalue weighted by Gasteiger charge is -2.33. The highest BCUT2D eigenvalue weighted by molar-refractivity contribution is 8.00. The molecule has 0 aromatic rings. The van der Waals surface area contributed by atoms with E-state index in [0.29, 0.717) is 4.87 Å². The van der Waals surface area contributed by atoms with Crippen molar-refractivity contribution in [2.75, 3.05) is 5.75 Å². The standard InChI is InChI=1S/C10H17NS/c1-7-6-12-10(11-7)5-8-2-3-9(10)4-8/h7-9,11H,2-6H2,1H3. The van der Waals surface area contributed by atoms with E-state index >= 15 is 0 Å². The number of nitrogens with one attached hydrogen (secondary N) is 1. The Morgan fingerprint density at radius 1 is 1.42 bits per heavy atom. The molecule has 0 aromatic carbocycles. The van der Waals surface area contributed by atoms with Crippen molar-refractivity contribution in [1.29, 1.82) is 0 Å². The van der Waals surface area contributed by atoms with Crippen LogP contribution in [0.15, 0.2) is 0 Å². The molecule has 1 N–H and O–H groups in total. The van der Waals surface area contributed by atoms with Crippen molar-refractivity contribution in [2.45, 2.75) is 43.5 Å². The summed E-state index contributed by atoms with van der Waals surface area (Å²) in [5.41, 5.74) is 0. The summed E-state index contributed by atoms with van der Waals surface area (Å²) in [5.74, 6) is 3.42. The number of thioether (sulfide) groups is 1. The molecule has 2 heteroatoms. The zero-order valence-corrected chi connectivity index (χ0v) is 8.49. The summed E-state index contributed by atoms with van der Waals surface area (Å²) >= 11 is 2.21. The van der Waals surface area contributed by atoms with Gasteiger partial charge >= 0.3 is 0 Å². The van der Waals surface area contributed by atoms with E-state index in [9.17, 15) is 0 Å². The highest BCUT2D eigenvalue weighted by atomic mass is 32.2. The van der Waals surface area contributed by atoms with Crippen molar-refractivity contribution in [3.05, 3.63) is 0 Å². The Bertz CT molecular complexity index is 202. The molecule has 3 fully saturated rings. The van der Waals surface area contributed by atoms with E-state index in [1.165, 1.54) is 31.4 Å². The van der Waals surface area contributed by atoms with Crippen LogP contribution in [0.4, 0.5) is 0 Å². The molecule has 3 aliphatic rings. The summed E-state index contributed by atoms with van der Waals surface area (Å²) in [7, 11) is 0. The smallest absolute Gasteiger partial charge is 0.0679 e. The van der Waals surface area contributed by atoms with Gasteiger partial charge < -0.3 is 0 Å². The predicted octanol–water partition coefficient (Wildman–Crippen LogP) is 2.23. The van der Waals surface area contributed by atoms with Crippen LogP contribution in [0.1, 0.15) is 32.6 Å². The third-order valence-electron chi connectivity index (χ3n) is 3.87. The number of rotatable bonds is 0. The Kier molecular flexibility index (Phi) is 1.55. The molecule has 12 heavy (non-hydrogen) atoms. The Morgan fingerprint density at radius 2 is 2.33 bits per heavy atom. The molecule has 1 nitrogen and oxygen atoms in total. The number of fused-ring (bicyclic) bond motifs is 3. The molecule has 3 rings (SSSR count). The summed E-state index contributed by atoms with van der Waals surface area (Å²) in [6.45, 7) is 2.33. The fourth-order valence-corrected chi connectivity index (χ4v) is 5.13. The van der Waals surface area contributed by atoms with Gasteiger partial charge in [-0.05, 0) is 44.4 Å². The van der Waals surface area contributed by atoms with Crippen molar-refractivity contribution in [3.8, 4) is 0 Å². The minimum absolute atomic E-state index is 0.544. The van der Waals surface area contributed by atoms with Gasteiger partial charge in [0.25, 0.3) is 0 Å². The van der Waals surface area contributed by atoms with Gasteiger partial charge in [-0.2, -0.15) is 0 Å². The summed E-state index contributed by atoms with van der Waals surface area (Å²) in [6.07, 6.45) is 6.00. The Balaban J connectivity index is 1.84. The first kappa shape index (κ1) is 7.69. The maximum Gasteiger partial charge on any atom is 0.0679 e. The molecule has 2 aliphatic carbocycles. The van der Waals surface area contributed by atoms with E-state index in [1.807, 2.05) is 0 Å². The molecular weight excluding hydrogens is 166 g/mol. The maximum atomic E-state index is 3.82. The quantitative estimate of drug-likeness (QED) is 0.618. The average Bonchev–Trinajstić information content (AvgIpc) is 2.67. The van der Waals surface area contributed by atoms with Crippen molar-refractivity contribution in [2.24, 2.45) is 11.8 Å². The Labute approximate surface area is 78.7 Å². The normalized spacial score (nSPS) is 57.2. The summed E-state index contributed by atoms with van der Waals surface area (Å²) < 4.78 is 0. The first-order valence-corrected chi connectivity index (χ1v) is 6.19. The lowest BCUT2D eigenvalue weighted by molar-refractivity contribution is 0.313. The Morgan fingerprint density at radius 3 is 2.83 bits per heavy atom. The van der Waals surface area contributed by atoms with Gasteiger partial charge in [-0.1, -0.05) is 0 Å². The molecule has 1 saturated heterocycles. The van der Waals surface area contributed by atoms with E-state index in [-0.39, 0.29) is 0 Å². The second kappa shape index (κ2) is 2.42. The SMILES string of the molecule is CC1CSC2(CC3CCC2C3)N1. The van der Waals surface area contributed by atoms with Gasteiger partial charge in [-0.25, -0.2) is 0 Å². The van der Waals surface area contributed by atoms with Crippen LogP contribution in [-0.2, 0) is 0 Å². The highest BCUT2D eigenvalue weighted by Crippen LogP contribution is 2.57. The molecule has 2 saturated carbocycles. The average molecular weight is 183 g/mol. The maximum absolute atomic E-state index is 3.82. The number of hydrogen-bond acceptors (Lipinski definition) is 2. The fraction of sp³-hybridized carbons (Fsp3) is 1.00. The van der Waals surface area contributed by atoms with Crippen molar-refractivity contribution in [1.82, 2.24) is 5.32 Å². The first-order chi connectivity index (χ1) is 5.78. The van der Waals surface area contributed by atoms with Crippen LogP contribution >= 0.6 is 11.8 Å². The molecule has 68 valence electrons.